The van der Waals surface area contributed by atoms with Crippen molar-refractivity contribution in [2.24, 2.45) is 0 Å². The predicted octanol–water partition coefficient (Wildman–Crippen LogP) is 2.10. The van der Waals surface area contributed by atoms with E-state index in [1.807, 2.05) is 27.8 Å². The van der Waals surface area contributed by atoms with Crippen LogP contribution in [0.5, 0.6) is 0 Å². The standard InChI is InChI=1S/C13H26N2O2/c1-12(2,16-5)8-10-17-9-6-7-13(3,11-14)15-4/h15H,6-10H2,1-5H3. The highest BCUT2D eigenvalue weighted by molar-refractivity contribution is 5.02. The summed E-state index contributed by atoms with van der Waals surface area (Å²) in [4.78, 5) is 0. The minimum Gasteiger partial charge on any atom is -0.381 e. The smallest absolute Gasteiger partial charge is 0.103 e. The van der Waals surface area contributed by atoms with E-state index in [4.69, 9.17) is 14.7 Å². The lowest BCUT2D eigenvalue weighted by Gasteiger charge is -2.23. The number of hydrogen-bond donors (Lipinski definition) is 1. The topological polar surface area (TPSA) is 54.3 Å². The molecule has 0 bridgehead atoms. The van der Waals surface area contributed by atoms with Gasteiger partial charge in [-0.15, -0.1) is 0 Å². The van der Waals surface area contributed by atoms with Crippen LogP contribution in [-0.4, -0.2) is 38.5 Å². The highest BCUT2D eigenvalue weighted by Gasteiger charge is 2.20. The average Bonchev–Trinajstić information content (AvgIpc) is 2.33. The fourth-order valence-electron chi connectivity index (χ4n) is 1.29. The first kappa shape index (κ1) is 16.4. The van der Waals surface area contributed by atoms with Crippen LogP contribution in [0.4, 0.5) is 0 Å². The Morgan fingerprint density at radius 2 is 1.82 bits per heavy atom. The van der Waals surface area contributed by atoms with Gasteiger partial charge in [-0.1, -0.05) is 0 Å². The molecule has 0 saturated carbocycles. The fraction of sp³-hybridized carbons (Fsp3) is 0.923. The summed E-state index contributed by atoms with van der Waals surface area (Å²) in [6, 6.07) is 2.27. The van der Waals surface area contributed by atoms with E-state index >= 15 is 0 Å². The fourth-order valence-corrected chi connectivity index (χ4v) is 1.29. The Labute approximate surface area is 105 Å². The van der Waals surface area contributed by atoms with Gasteiger partial charge in [0, 0.05) is 20.3 Å². The van der Waals surface area contributed by atoms with Crippen LogP contribution < -0.4 is 5.32 Å². The summed E-state index contributed by atoms with van der Waals surface area (Å²) in [6.07, 6.45) is 2.57. The SMILES string of the molecule is CNC(C)(C#N)CCCOCCC(C)(C)OC. The molecule has 0 aliphatic heterocycles. The van der Waals surface area contributed by atoms with Gasteiger partial charge in [0.05, 0.1) is 11.7 Å². The molecule has 1 atom stereocenters. The van der Waals surface area contributed by atoms with Crippen LogP contribution in [0.2, 0.25) is 0 Å². The first-order valence-electron chi connectivity index (χ1n) is 6.12. The minimum atomic E-state index is -0.435. The van der Waals surface area contributed by atoms with Gasteiger partial charge in [0.15, 0.2) is 0 Å². The summed E-state index contributed by atoms with van der Waals surface area (Å²) < 4.78 is 10.8. The molecule has 0 radical (unpaired) electrons. The molecule has 0 aromatic heterocycles. The zero-order chi connectivity index (χ0) is 13.4. The van der Waals surface area contributed by atoms with E-state index in [1.165, 1.54) is 0 Å². The van der Waals surface area contributed by atoms with Gasteiger partial charge in [0.25, 0.3) is 0 Å². The lowest BCUT2D eigenvalue weighted by Crippen LogP contribution is -2.38. The van der Waals surface area contributed by atoms with Crippen molar-refractivity contribution in [1.82, 2.24) is 5.32 Å². The van der Waals surface area contributed by atoms with Crippen LogP contribution in [0, 0.1) is 11.3 Å². The molecule has 0 fully saturated rings. The van der Waals surface area contributed by atoms with E-state index in [2.05, 4.69) is 11.4 Å². The zero-order valence-corrected chi connectivity index (χ0v) is 11.8. The number of nitrogens with one attached hydrogen (secondary N) is 1. The van der Waals surface area contributed by atoms with Gasteiger partial charge in [-0.2, -0.15) is 5.26 Å². The van der Waals surface area contributed by atoms with Crippen LogP contribution in [0.25, 0.3) is 0 Å². The van der Waals surface area contributed by atoms with Crippen LogP contribution in [0.1, 0.15) is 40.0 Å². The first-order valence-corrected chi connectivity index (χ1v) is 6.12. The summed E-state index contributed by atoms with van der Waals surface area (Å²) >= 11 is 0. The van der Waals surface area contributed by atoms with Crippen molar-refractivity contribution in [3.63, 3.8) is 0 Å². The van der Waals surface area contributed by atoms with Crippen LogP contribution in [0.3, 0.4) is 0 Å². The number of hydrogen-bond acceptors (Lipinski definition) is 4. The number of rotatable bonds is 9. The molecule has 0 aromatic carbocycles. The van der Waals surface area contributed by atoms with Gasteiger partial charge >= 0.3 is 0 Å². The second-order valence-corrected chi connectivity index (χ2v) is 5.12. The zero-order valence-electron chi connectivity index (χ0n) is 11.8. The molecule has 17 heavy (non-hydrogen) atoms. The summed E-state index contributed by atoms with van der Waals surface area (Å²) in [6.45, 7) is 7.39. The Balaban J connectivity index is 3.58. The number of nitriles is 1. The number of ether oxygens (including phenoxy) is 2. The first-order chi connectivity index (χ1) is 7.89. The van der Waals surface area contributed by atoms with Gasteiger partial charge in [-0.25, -0.2) is 0 Å². The molecular weight excluding hydrogens is 216 g/mol. The number of nitrogens with zero attached hydrogens (tertiary/aromatic N) is 1. The maximum Gasteiger partial charge on any atom is 0.103 e. The molecule has 0 aliphatic carbocycles. The van der Waals surface area contributed by atoms with E-state index in [1.54, 1.807) is 7.11 Å². The third-order valence-electron chi connectivity index (χ3n) is 3.17. The van der Waals surface area contributed by atoms with E-state index in [0.717, 1.165) is 19.3 Å². The molecule has 0 saturated heterocycles. The molecule has 0 amide bonds. The van der Waals surface area contributed by atoms with Crippen molar-refractivity contribution in [3.8, 4) is 6.07 Å². The highest BCUT2D eigenvalue weighted by Crippen LogP contribution is 2.13. The largest absolute Gasteiger partial charge is 0.381 e. The molecule has 4 heteroatoms. The van der Waals surface area contributed by atoms with Crippen molar-refractivity contribution in [2.45, 2.75) is 51.2 Å². The Morgan fingerprint density at radius 1 is 1.18 bits per heavy atom. The Morgan fingerprint density at radius 3 is 2.29 bits per heavy atom. The van der Waals surface area contributed by atoms with Gasteiger partial charge in [-0.3, -0.25) is 0 Å². The molecule has 0 heterocycles. The van der Waals surface area contributed by atoms with Crippen molar-refractivity contribution >= 4 is 0 Å². The van der Waals surface area contributed by atoms with Crippen LogP contribution >= 0.6 is 0 Å². The Bertz CT molecular complexity index is 248. The maximum atomic E-state index is 8.96. The molecule has 0 aliphatic rings. The molecule has 1 N–H and O–H groups in total. The average molecular weight is 242 g/mol. The van der Waals surface area contributed by atoms with Crippen molar-refractivity contribution < 1.29 is 9.47 Å². The van der Waals surface area contributed by atoms with Crippen molar-refractivity contribution in [1.29, 1.82) is 5.26 Å². The van der Waals surface area contributed by atoms with E-state index in [-0.39, 0.29) is 5.60 Å². The highest BCUT2D eigenvalue weighted by atomic mass is 16.5. The van der Waals surface area contributed by atoms with Crippen LogP contribution in [-0.2, 0) is 9.47 Å². The second-order valence-electron chi connectivity index (χ2n) is 5.12. The molecule has 1 unspecified atom stereocenters. The third-order valence-corrected chi connectivity index (χ3v) is 3.17. The van der Waals surface area contributed by atoms with Crippen LogP contribution in [0.15, 0.2) is 0 Å². The van der Waals surface area contributed by atoms with E-state index in [9.17, 15) is 0 Å². The van der Waals surface area contributed by atoms with Crippen molar-refractivity contribution in [3.05, 3.63) is 0 Å². The molecular formula is C13H26N2O2. The minimum absolute atomic E-state index is 0.119. The monoisotopic (exact) mass is 242 g/mol. The lowest BCUT2D eigenvalue weighted by molar-refractivity contribution is -0.0104. The second kappa shape index (κ2) is 7.65. The summed E-state index contributed by atoms with van der Waals surface area (Å²) in [7, 11) is 3.52. The maximum absolute atomic E-state index is 8.96. The molecule has 0 rings (SSSR count). The molecule has 4 nitrogen and oxygen atoms in total. The molecule has 0 aromatic rings. The predicted molar refractivity (Wildman–Crippen MR) is 68.8 cm³/mol. The third kappa shape index (κ3) is 7.32. The number of methoxy groups -OCH3 is 1. The quantitative estimate of drug-likeness (QED) is 0.629. The van der Waals surface area contributed by atoms with Gasteiger partial charge in [0.2, 0.25) is 0 Å². The van der Waals surface area contributed by atoms with E-state index in [0.29, 0.717) is 13.2 Å². The summed E-state index contributed by atoms with van der Waals surface area (Å²) in [5.41, 5.74) is -0.554. The van der Waals surface area contributed by atoms with Gasteiger partial charge in [0.1, 0.15) is 5.54 Å². The summed E-state index contributed by atoms with van der Waals surface area (Å²) in [5, 5.41) is 12.0. The Kier molecular flexibility index (Phi) is 7.37. The lowest BCUT2D eigenvalue weighted by atomic mass is 9.98. The van der Waals surface area contributed by atoms with Gasteiger partial charge < -0.3 is 14.8 Å². The normalized spacial score (nSPS) is 15.3. The van der Waals surface area contributed by atoms with E-state index < -0.39 is 5.54 Å². The van der Waals surface area contributed by atoms with Crippen molar-refractivity contribution in [2.75, 3.05) is 27.4 Å². The summed E-state index contributed by atoms with van der Waals surface area (Å²) in [5.74, 6) is 0. The van der Waals surface area contributed by atoms with Gasteiger partial charge in [-0.05, 0) is 47.1 Å². The molecule has 100 valence electrons. The molecule has 0 spiro atoms. The Hall–Kier alpha value is -0.630.